The molecule has 0 spiro atoms. The van der Waals surface area contributed by atoms with Crippen molar-refractivity contribution in [2.45, 2.75) is 26.3 Å². The van der Waals surface area contributed by atoms with Gasteiger partial charge < -0.3 is 16.2 Å². The van der Waals surface area contributed by atoms with Gasteiger partial charge in [0.1, 0.15) is 5.82 Å². The van der Waals surface area contributed by atoms with Crippen LogP contribution in [0.1, 0.15) is 25.3 Å². The van der Waals surface area contributed by atoms with Crippen LogP contribution in [-0.2, 0) is 6.54 Å². The summed E-state index contributed by atoms with van der Waals surface area (Å²) in [5.41, 5.74) is 14.4. The van der Waals surface area contributed by atoms with Crippen molar-refractivity contribution in [1.82, 2.24) is 9.97 Å². The number of ether oxygens (including phenoxy) is 1. The Hall–Kier alpha value is -2.14. The number of unbranched alkanes of at least 4 members (excludes halogenated alkanes) is 1. The van der Waals surface area contributed by atoms with Crippen LogP contribution in [0.2, 0.25) is 0 Å². The Morgan fingerprint density at radius 1 is 1.20 bits per heavy atom. The number of rotatable bonds is 6. The Kier molecular flexibility index (Phi) is 4.90. The average molecular weight is 272 g/mol. The molecule has 2 rings (SSSR count). The number of aromatic nitrogens is 2. The number of nitrogens with two attached hydrogens (primary N) is 2. The van der Waals surface area contributed by atoms with Crippen molar-refractivity contribution in [3.05, 3.63) is 36.0 Å². The first-order chi connectivity index (χ1) is 9.74. The molecule has 0 unspecified atom stereocenters. The highest BCUT2D eigenvalue weighted by atomic mass is 16.5. The van der Waals surface area contributed by atoms with Gasteiger partial charge in [-0.05, 0) is 17.5 Å². The van der Waals surface area contributed by atoms with E-state index in [1.165, 1.54) is 0 Å². The highest BCUT2D eigenvalue weighted by Gasteiger charge is 2.07. The number of hydrogen-bond acceptors (Lipinski definition) is 5. The van der Waals surface area contributed by atoms with E-state index < -0.39 is 0 Å². The maximum absolute atomic E-state index is 5.97. The predicted molar refractivity (Wildman–Crippen MR) is 80.2 cm³/mol. The zero-order chi connectivity index (χ0) is 14.4. The van der Waals surface area contributed by atoms with E-state index in [2.05, 4.69) is 16.9 Å². The highest BCUT2D eigenvalue weighted by molar-refractivity contribution is 5.73. The van der Waals surface area contributed by atoms with Crippen molar-refractivity contribution in [3.8, 4) is 17.1 Å². The quantitative estimate of drug-likeness (QED) is 0.788. The van der Waals surface area contributed by atoms with E-state index >= 15 is 0 Å². The van der Waals surface area contributed by atoms with Gasteiger partial charge >= 0.3 is 6.01 Å². The lowest BCUT2D eigenvalue weighted by molar-refractivity contribution is 0.286. The summed E-state index contributed by atoms with van der Waals surface area (Å²) >= 11 is 0. The smallest absolute Gasteiger partial charge is 0.318 e. The van der Waals surface area contributed by atoms with E-state index in [9.17, 15) is 0 Å². The predicted octanol–water partition coefficient (Wildman–Crippen LogP) is 2.36. The molecule has 1 heterocycles. The van der Waals surface area contributed by atoms with Crippen molar-refractivity contribution < 1.29 is 4.74 Å². The molecule has 0 saturated carbocycles. The van der Waals surface area contributed by atoms with Crippen molar-refractivity contribution in [1.29, 1.82) is 0 Å². The molecule has 0 aliphatic heterocycles. The minimum absolute atomic E-state index is 0.332. The van der Waals surface area contributed by atoms with Crippen molar-refractivity contribution >= 4 is 5.82 Å². The maximum atomic E-state index is 5.97. The largest absolute Gasteiger partial charge is 0.463 e. The van der Waals surface area contributed by atoms with Crippen LogP contribution in [0.25, 0.3) is 11.1 Å². The molecule has 1 aromatic carbocycles. The van der Waals surface area contributed by atoms with E-state index in [1.807, 2.05) is 24.3 Å². The Balaban J connectivity index is 2.15. The monoisotopic (exact) mass is 272 g/mol. The summed E-state index contributed by atoms with van der Waals surface area (Å²) in [5.74, 6) is 0.423. The topological polar surface area (TPSA) is 87.0 Å². The van der Waals surface area contributed by atoms with Crippen LogP contribution in [0.5, 0.6) is 6.01 Å². The second-order valence-electron chi connectivity index (χ2n) is 4.55. The molecule has 106 valence electrons. The van der Waals surface area contributed by atoms with Crippen LogP contribution >= 0.6 is 0 Å². The zero-order valence-corrected chi connectivity index (χ0v) is 11.7. The molecule has 20 heavy (non-hydrogen) atoms. The van der Waals surface area contributed by atoms with Gasteiger partial charge in [-0.15, -0.1) is 0 Å². The molecule has 1 aromatic heterocycles. The molecule has 5 heteroatoms. The lowest BCUT2D eigenvalue weighted by Crippen LogP contribution is -2.04. The Morgan fingerprint density at radius 3 is 2.55 bits per heavy atom. The number of hydrogen-bond donors (Lipinski definition) is 2. The minimum Gasteiger partial charge on any atom is -0.463 e. The SMILES string of the molecule is CCCCOc1ncc(-c2ccc(CN)cc2)c(N)n1. The summed E-state index contributed by atoms with van der Waals surface area (Å²) in [5, 5.41) is 0. The molecular weight excluding hydrogens is 252 g/mol. The third-order valence-corrected chi connectivity index (χ3v) is 3.03. The van der Waals surface area contributed by atoms with Crippen LogP contribution in [0.15, 0.2) is 30.5 Å². The lowest BCUT2D eigenvalue weighted by Gasteiger charge is -2.08. The van der Waals surface area contributed by atoms with E-state index in [1.54, 1.807) is 6.20 Å². The van der Waals surface area contributed by atoms with Crippen LogP contribution in [0.4, 0.5) is 5.82 Å². The first kappa shape index (κ1) is 14.3. The molecule has 0 radical (unpaired) electrons. The van der Waals surface area contributed by atoms with Gasteiger partial charge in [0, 0.05) is 18.3 Å². The van der Waals surface area contributed by atoms with Crippen LogP contribution in [0.3, 0.4) is 0 Å². The lowest BCUT2D eigenvalue weighted by atomic mass is 10.1. The van der Waals surface area contributed by atoms with E-state index in [4.69, 9.17) is 16.2 Å². The summed E-state index contributed by atoms with van der Waals surface area (Å²) in [6.45, 7) is 3.24. The van der Waals surface area contributed by atoms with E-state index in [-0.39, 0.29) is 0 Å². The van der Waals surface area contributed by atoms with Gasteiger partial charge in [0.05, 0.1) is 6.61 Å². The first-order valence-corrected chi connectivity index (χ1v) is 6.79. The molecule has 0 amide bonds. The average Bonchev–Trinajstić information content (AvgIpc) is 2.48. The standard InChI is InChI=1S/C15H20N4O/c1-2-3-8-20-15-18-10-13(14(17)19-15)12-6-4-11(9-16)5-7-12/h4-7,10H,2-3,8-9,16H2,1H3,(H2,17,18,19). The van der Waals surface area contributed by atoms with Gasteiger partial charge in [0.2, 0.25) is 0 Å². The van der Waals surface area contributed by atoms with Crippen LogP contribution in [0, 0.1) is 0 Å². The van der Waals surface area contributed by atoms with Crippen LogP contribution < -0.4 is 16.2 Å². The summed E-state index contributed by atoms with van der Waals surface area (Å²) < 4.78 is 5.44. The molecule has 0 bridgehead atoms. The Morgan fingerprint density at radius 2 is 1.95 bits per heavy atom. The number of benzene rings is 1. The van der Waals surface area contributed by atoms with Crippen molar-refractivity contribution in [2.24, 2.45) is 5.73 Å². The third-order valence-electron chi connectivity index (χ3n) is 3.03. The van der Waals surface area contributed by atoms with Gasteiger partial charge in [0.15, 0.2) is 0 Å². The molecule has 2 aromatic rings. The first-order valence-electron chi connectivity index (χ1n) is 6.79. The van der Waals surface area contributed by atoms with Gasteiger partial charge in [-0.3, -0.25) is 0 Å². The third kappa shape index (κ3) is 3.45. The second kappa shape index (κ2) is 6.86. The molecule has 0 atom stereocenters. The molecule has 0 aliphatic carbocycles. The molecule has 4 N–H and O–H groups in total. The maximum Gasteiger partial charge on any atom is 0.318 e. The fourth-order valence-electron chi connectivity index (χ4n) is 1.80. The van der Waals surface area contributed by atoms with Crippen molar-refractivity contribution in [3.63, 3.8) is 0 Å². The second-order valence-corrected chi connectivity index (χ2v) is 4.55. The Bertz CT molecular complexity index is 554. The molecule has 0 saturated heterocycles. The van der Waals surface area contributed by atoms with E-state index in [0.29, 0.717) is 25.0 Å². The Labute approximate surface area is 119 Å². The summed E-state index contributed by atoms with van der Waals surface area (Å²) in [4.78, 5) is 8.38. The summed E-state index contributed by atoms with van der Waals surface area (Å²) in [6.07, 6.45) is 3.74. The van der Waals surface area contributed by atoms with E-state index in [0.717, 1.165) is 29.5 Å². The normalized spacial score (nSPS) is 10.5. The number of anilines is 1. The zero-order valence-electron chi connectivity index (χ0n) is 11.7. The van der Waals surface area contributed by atoms with Gasteiger partial charge in [-0.25, -0.2) is 4.98 Å². The fourth-order valence-corrected chi connectivity index (χ4v) is 1.80. The summed E-state index contributed by atoms with van der Waals surface area (Å²) in [7, 11) is 0. The minimum atomic E-state index is 0.332. The summed E-state index contributed by atoms with van der Waals surface area (Å²) in [6, 6.07) is 8.21. The van der Waals surface area contributed by atoms with Crippen molar-refractivity contribution in [2.75, 3.05) is 12.3 Å². The molecule has 5 nitrogen and oxygen atoms in total. The van der Waals surface area contributed by atoms with Gasteiger partial charge in [0.25, 0.3) is 0 Å². The number of nitrogens with zero attached hydrogens (tertiary/aromatic N) is 2. The fraction of sp³-hybridized carbons (Fsp3) is 0.333. The highest BCUT2D eigenvalue weighted by Crippen LogP contribution is 2.25. The van der Waals surface area contributed by atoms with Gasteiger partial charge in [-0.2, -0.15) is 4.98 Å². The van der Waals surface area contributed by atoms with Crippen LogP contribution in [-0.4, -0.2) is 16.6 Å². The molecule has 0 fully saturated rings. The molecule has 0 aliphatic rings. The van der Waals surface area contributed by atoms with Gasteiger partial charge in [-0.1, -0.05) is 37.6 Å². The molecular formula is C15H20N4O. The number of nitrogen functional groups attached to an aromatic ring is 1.